The highest BCUT2D eigenvalue weighted by molar-refractivity contribution is 7.26. The third-order valence-corrected chi connectivity index (χ3v) is 8.02. The second-order valence-electron chi connectivity index (χ2n) is 9.94. The molecular weight excluding hydrogens is 446 g/mol. The summed E-state index contributed by atoms with van der Waals surface area (Å²) in [6.45, 7) is 11.2. The number of hydrogen-bond donors (Lipinski definition) is 0. The first-order chi connectivity index (χ1) is 16.9. The number of fused-ring (bicyclic) bond motifs is 4. The summed E-state index contributed by atoms with van der Waals surface area (Å²) in [5, 5.41) is 2.46. The Bertz CT molecular complexity index is 1690. The van der Waals surface area contributed by atoms with E-state index in [-0.39, 0.29) is 0 Å². The SMILES string of the molecule is Cc1ccc2c(n1)sc1c(-c3nc4ccccc4n3-c3c(C(C)C)cccc3C(C)C)cccc12. The van der Waals surface area contributed by atoms with Gasteiger partial charge in [-0.05, 0) is 60.2 Å². The van der Waals surface area contributed by atoms with Crippen molar-refractivity contribution in [1.82, 2.24) is 14.5 Å². The molecule has 0 amide bonds. The Morgan fingerprint density at radius 1 is 0.714 bits per heavy atom. The number of rotatable bonds is 4. The Morgan fingerprint density at radius 2 is 1.43 bits per heavy atom. The van der Waals surface area contributed by atoms with Gasteiger partial charge in [-0.25, -0.2) is 9.97 Å². The van der Waals surface area contributed by atoms with Crippen LogP contribution in [0.5, 0.6) is 0 Å². The molecule has 0 N–H and O–H groups in total. The van der Waals surface area contributed by atoms with Crippen LogP contribution in [0.1, 0.15) is 56.4 Å². The topological polar surface area (TPSA) is 30.7 Å². The summed E-state index contributed by atoms with van der Waals surface area (Å²) >= 11 is 1.77. The van der Waals surface area contributed by atoms with Crippen LogP contribution in [0.2, 0.25) is 0 Å². The predicted octanol–water partition coefficient (Wildman–Crippen LogP) is 9.01. The maximum Gasteiger partial charge on any atom is 0.147 e. The lowest BCUT2D eigenvalue weighted by Gasteiger charge is -2.22. The van der Waals surface area contributed by atoms with E-state index in [2.05, 4.69) is 112 Å². The summed E-state index contributed by atoms with van der Waals surface area (Å²) in [6, 6.07) is 26.2. The number of para-hydroxylation sites is 3. The zero-order valence-electron chi connectivity index (χ0n) is 20.8. The van der Waals surface area contributed by atoms with Crippen LogP contribution < -0.4 is 0 Å². The van der Waals surface area contributed by atoms with E-state index in [1.807, 2.05) is 0 Å². The van der Waals surface area contributed by atoms with Gasteiger partial charge in [-0.2, -0.15) is 0 Å². The molecule has 0 saturated heterocycles. The van der Waals surface area contributed by atoms with Gasteiger partial charge in [-0.3, -0.25) is 4.57 Å². The molecule has 174 valence electrons. The van der Waals surface area contributed by atoms with Crippen molar-refractivity contribution in [1.29, 1.82) is 0 Å². The lowest BCUT2D eigenvalue weighted by Crippen LogP contribution is -2.08. The third-order valence-electron chi connectivity index (χ3n) is 6.87. The summed E-state index contributed by atoms with van der Waals surface area (Å²) in [5.41, 5.74) is 8.33. The first-order valence-corrected chi connectivity index (χ1v) is 13.2. The van der Waals surface area contributed by atoms with Crippen molar-refractivity contribution in [2.75, 3.05) is 0 Å². The molecule has 4 heteroatoms. The van der Waals surface area contributed by atoms with E-state index >= 15 is 0 Å². The molecule has 3 aromatic heterocycles. The van der Waals surface area contributed by atoms with Gasteiger partial charge in [0.15, 0.2) is 0 Å². The third kappa shape index (κ3) is 3.47. The van der Waals surface area contributed by atoms with Crippen LogP contribution >= 0.6 is 11.3 Å². The number of aromatic nitrogens is 3. The molecule has 0 unspecified atom stereocenters. The average molecular weight is 476 g/mol. The molecule has 0 fully saturated rings. The number of benzene rings is 3. The normalized spacial score (nSPS) is 12.1. The number of imidazole rings is 1. The first kappa shape index (κ1) is 22.0. The van der Waals surface area contributed by atoms with Crippen molar-refractivity contribution in [2.24, 2.45) is 0 Å². The highest BCUT2D eigenvalue weighted by Gasteiger charge is 2.23. The molecule has 35 heavy (non-hydrogen) atoms. The summed E-state index contributed by atoms with van der Waals surface area (Å²) < 4.78 is 3.66. The van der Waals surface area contributed by atoms with Crippen LogP contribution in [-0.2, 0) is 0 Å². The zero-order chi connectivity index (χ0) is 24.3. The highest BCUT2D eigenvalue weighted by Crippen LogP contribution is 2.42. The number of hydrogen-bond acceptors (Lipinski definition) is 3. The van der Waals surface area contributed by atoms with Gasteiger partial charge in [-0.15, -0.1) is 11.3 Å². The zero-order valence-corrected chi connectivity index (χ0v) is 21.6. The Balaban J connectivity index is 1.76. The van der Waals surface area contributed by atoms with E-state index in [1.165, 1.54) is 32.3 Å². The van der Waals surface area contributed by atoms with E-state index in [1.54, 1.807) is 11.3 Å². The maximum atomic E-state index is 5.25. The summed E-state index contributed by atoms with van der Waals surface area (Å²) in [6.07, 6.45) is 0. The van der Waals surface area contributed by atoms with Crippen LogP contribution in [-0.4, -0.2) is 14.5 Å². The minimum Gasteiger partial charge on any atom is -0.292 e. The predicted molar refractivity (Wildman–Crippen MR) is 150 cm³/mol. The molecule has 0 saturated carbocycles. The molecule has 0 bridgehead atoms. The molecule has 3 nitrogen and oxygen atoms in total. The molecule has 0 atom stereocenters. The van der Waals surface area contributed by atoms with Crippen LogP contribution in [0, 0.1) is 6.92 Å². The fourth-order valence-corrected chi connectivity index (χ4v) is 6.38. The minimum atomic E-state index is 0.394. The molecule has 3 aromatic carbocycles. The van der Waals surface area contributed by atoms with Crippen LogP contribution in [0.4, 0.5) is 0 Å². The van der Waals surface area contributed by atoms with E-state index in [0.29, 0.717) is 11.8 Å². The molecule has 0 radical (unpaired) electrons. The quantitative estimate of drug-likeness (QED) is 0.255. The van der Waals surface area contributed by atoms with E-state index in [4.69, 9.17) is 9.97 Å². The average Bonchev–Trinajstić information content (AvgIpc) is 3.41. The van der Waals surface area contributed by atoms with Crippen molar-refractivity contribution in [2.45, 2.75) is 46.5 Å². The molecule has 0 aliphatic heterocycles. The Kier molecular flexibility index (Phi) is 5.23. The minimum absolute atomic E-state index is 0.394. The van der Waals surface area contributed by atoms with Crippen molar-refractivity contribution in [3.05, 3.63) is 89.6 Å². The largest absolute Gasteiger partial charge is 0.292 e. The fraction of sp³-hybridized carbons (Fsp3) is 0.226. The van der Waals surface area contributed by atoms with E-state index in [0.717, 1.165) is 32.9 Å². The number of pyridine rings is 1. The van der Waals surface area contributed by atoms with E-state index < -0.39 is 0 Å². The highest BCUT2D eigenvalue weighted by atomic mass is 32.1. The smallest absolute Gasteiger partial charge is 0.147 e. The monoisotopic (exact) mass is 475 g/mol. The van der Waals surface area contributed by atoms with Gasteiger partial charge < -0.3 is 0 Å². The van der Waals surface area contributed by atoms with Crippen molar-refractivity contribution in [3.8, 4) is 17.1 Å². The molecule has 0 aliphatic carbocycles. The molecule has 0 aliphatic rings. The van der Waals surface area contributed by atoms with Crippen LogP contribution in [0.15, 0.2) is 72.8 Å². The Morgan fingerprint density at radius 3 is 2.17 bits per heavy atom. The second kappa shape index (κ2) is 8.31. The Labute approximate surface area is 210 Å². The molecule has 3 heterocycles. The number of thiophene rings is 1. The van der Waals surface area contributed by atoms with Crippen molar-refractivity contribution in [3.63, 3.8) is 0 Å². The molecule has 0 spiro atoms. The Hall–Kier alpha value is -3.50. The van der Waals surface area contributed by atoms with Gasteiger partial charge in [0.05, 0.1) is 16.7 Å². The molecule has 6 aromatic rings. The standard InChI is InChI=1S/C31H29N3S/c1-18(2)21-10-8-11-22(19(3)4)28(21)34-27-15-7-6-14-26(27)33-30(34)25-13-9-12-23-24-17-16-20(5)32-31(24)35-29(23)25/h6-19H,1-5H3. The van der Waals surface area contributed by atoms with Crippen LogP contribution in [0.25, 0.3) is 48.4 Å². The van der Waals surface area contributed by atoms with Gasteiger partial charge in [0, 0.05) is 26.7 Å². The summed E-state index contributed by atoms with van der Waals surface area (Å²) in [5.74, 6) is 1.78. The van der Waals surface area contributed by atoms with Crippen molar-refractivity contribution >= 4 is 42.7 Å². The lowest BCUT2D eigenvalue weighted by molar-refractivity contribution is 0.811. The van der Waals surface area contributed by atoms with Gasteiger partial charge >= 0.3 is 0 Å². The van der Waals surface area contributed by atoms with Gasteiger partial charge in [0.25, 0.3) is 0 Å². The summed E-state index contributed by atoms with van der Waals surface area (Å²) in [4.78, 5) is 11.2. The number of nitrogens with zero attached hydrogens (tertiary/aromatic N) is 3. The number of aryl methyl sites for hydroxylation is 1. The van der Waals surface area contributed by atoms with E-state index in [9.17, 15) is 0 Å². The first-order valence-electron chi connectivity index (χ1n) is 12.3. The van der Waals surface area contributed by atoms with Crippen molar-refractivity contribution < 1.29 is 0 Å². The second-order valence-corrected chi connectivity index (χ2v) is 10.9. The maximum absolute atomic E-state index is 5.25. The summed E-state index contributed by atoms with van der Waals surface area (Å²) in [7, 11) is 0. The van der Waals surface area contributed by atoms with Crippen LogP contribution in [0.3, 0.4) is 0 Å². The lowest BCUT2D eigenvalue weighted by atomic mass is 9.92. The fourth-order valence-electron chi connectivity index (χ4n) is 5.15. The van der Waals surface area contributed by atoms with Gasteiger partial charge in [0.2, 0.25) is 0 Å². The molecular formula is C31H29N3S. The molecule has 6 rings (SSSR count). The van der Waals surface area contributed by atoms with Gasteiger partial charge in [-0.1, -0.05) is 70.2 Å². The van der Waals surface area contributed by atoms with Gasteiger partial charge in [0.1, 0.15) is 10.7 Å².